The van der Waals surface area contributed by atoms with E-state index in [0.29, 0.717) is 18.1 Å². The fourth-order valence-electron chi connectivity index (χ4n) is 2.02. The number of halogens is 1. The highest BCUT2D eigenvalue weighted by molar-refractivity contribution is 6.30. The summed E-state index contributed by atoms with van der Waals surface area (Å²) in [6, 6.07) is 11.2. The number of rotatable bonds is 8. The van der Waals surface area contributed by atoms with E-state index in [9.17, 15) is 4.79 Å². The highest BCUT2D eigenvalue weighted by Gasteiger charge is 2.07. The number of hydrogen-bond donors (Lipinski definition) is 2. The molecule has 0 aliphatic heterocycles. The lowest BCUT2D eigenvalue weighted by Gasteiger charge is -2.10. The second-order valence-electron chi connectivity index (χ2n) is 5.67. The van der Waals surface area contributed by atoms with Gasteiger partial charge in [-0.1, -0.05) is 23.7 Å². The maximum absolute atomic E-state index is 11.9. The molecule has 1 aromatic carbocycles. The lowest BCUT2D eigenvalue weighted by atomic mass is 10.1. The van der Waals surface area contributed by atoms with Crippen molar-refractivity contribution in [3.63, 3.8) is 0 Å². The molecule has 128 valence electrons. The van der Waals surface area contributed by atoms with Crippen molar-refractivity contribution >= 4 is 23.3 Å². The van der Waals surface area contributed by atoms with Crippen molar-refractivity contribution in [2.24, 2.45) is 0 Å². The van der Waals surface area contributed by atoms with Gasteiger partial charge in [-0.3, -0.25) is 4.79 Å². The van der Waals surface area contributed by atoms with E-state index in [1.54, 1.807) is 12.1 Å². The summed E-state index contributed by atoms with van der Waals surface area (Å²) < 4.78 is 0. The van der Waals surface area contributed by atoms with Gasteiger partial charge in [0.1, 0.15) is 5.82 Å². The predicted octanol–water partition coefficient (Wildman–Crippen LogP) is 2.08. The second kappa shape index (κ2) is 9.20. The van der Waals surface area contributed by atoms with E-state index in [-0.39, 0.29) is 5.91 Å². The van der Waals surface area contributed by atoms with Crippen LogP contribution in [0.3, 0.4) is 0 Å². The molecule has 24 heavy (non-hydrogen) atoms. The Kier molecular flexibility index (Phi) is 6.96. The average molecular weight is 348 g/mol. The third-order valence-electron chi connectivity index (χ3n) is 3.37. The second-order valence-corrected chi connectivity index (χ2v) is 6.10. The lowest BCUT2D eigenvalue weighted by Crippen LogP contribution is -2.31. The molecule has 0 radical (unpaired) electrons. The summed E-state index contributed by atoms with van der Waals surface area (Å²) in [4.78, 5) is 13.9. The molecule has 1 amide bonds. The molecule has 2 aromatic rings. The monoisotopic (exact) mass is 347 g/mol. The van der Waals surface area contributed by atoms with Gasteiger partial charge in [0.2, 0.25) is 0 Å². The Bertz CT molecular complexity index is 643. The summed E-state index contributed by atoms with van der Waals surface area (Å²) in [7, 11) is 3.91. The number of amides is 1. The molecule has 0 saturated carbocycles. The molecule has 1 heterocycles. The zero-order valence-electron chi connectivity index (χ0n) is 13.9. The Morgan fingerprint density at radius 2 is 1.83 bits per heavy atom. The molecule has 0 spiro atoms. The molecule has 7 heteroatoms. The fraction of sp³-hybridized carbons (Fsp3) is 0.353. The number of nitrogens with one attached hydrogen (secondary N) is 2. The normalized spacial score (nSPS) is 10.7. The summed E-state index contributed by atoms with van der Waals surface area (Å²) in [6.07, 6.45) is 0.853. The number of benzene rings is 1. The number of anilines is 1. The Hall–Kier alpha value is -2.18. The van der Waals surface area contributed by atoms with Gasteiger partial charge in [0, 0.05) is 24.7 Å². The molecule has 6 nitrogen and oxygen atoms in total. The van der Waals surface area contributed by atoms with Crippen LogP contribution in [0.15, 0.2) is 36.4 Å². The third kappa shape index (κ3) is 6.14. The third-order valence-corrected chi connectivity index (χ3v) is 3.63. The van der Waals surface area contributed by atoms with Gasteiger partial charge in [-0.2, -0.15) is 0 Å². The van der Waals surface area contributed by atoms with Gasteiger partial charge < -0.3 is 15.5 Å². The van der Waals surface area contributed by atoms with Crippen molar-refractivity contribution in [1.82, 2.24) is 20.4 Å². The highest BCUT2D eigenvalue weighted by Crippen LogP contribution is 2.10. The minimum Gasteiger partial charge on any atom is -0.368 e. The van der Waals surface area contributed by atoms with Gasteiger partial charge in [0.05, 0.1) is 0 Å². The van der Waals surface area contributed by atoms with Crippen LogP contribution >= 0.6 is 11.6 Å². The van der Waals surface area contributed by atoms with E-state index < -0.39 is 0 Å². The Labute approximate surface area is 147 Å². The van der Waals surface area contributed by atoms with Gasteiger partial charge in [-0.25, -0.2) is 0 Å². The summed E-state index contributed by atoms with van der Waals surface area (Å²) in [5, 5.41) is 14.7. The van der Waals surface area contributed by atoms with Crippen LogP contribution in [0.2, 0.25) is 5.02 Å². The van der Waals surface area contributed by atoms with Crippen LogP contribution in [0, 0.1) is 0 Å². The standard InChI is InChI=1S/C17H22ClN5O/c1-23(2)12-11-20-17(24)15-7-8-16(22-21-15)19-10-9-13-3-5-14(18)6-4-13/h3-8H,9-12H2,1-2H3,(H,19,22)(H,20,24). The van der Waals surface area contributed by atoms with E-state index in [2.05, 4.69) is 20.8 Å². The molecule has 0 aliphatic rings. The lowest BCUT2D eigenvalue weighted by molar-refractivity contribution is 0.0945. The molecule has 2 N–H and O–H groups in total. The van der Waals surface area contributed by atoms with Crippen molar-refractivity contribution in [3.05, 3.63) is 52.7 Å². The molecule has 0 fully saturated rings. The number of nitrogens with zero attached hydrogens (tertiary/aromatic N) is 3. The van der Waals surface area contributed by atoms with Crippen molar-refractivity contribution in [3.8, 4) is 0 Å². The van der Waals surface area contributed by atoms with Crippen molar-refractivity contribution in [2.75, 3.05) is 39.0 Å². The first-order valence-electron chi connectivity index (χ1n) is 7.79. The summed E-state index contributed by atoms with van der Waals surface area (Å²) in [5.41, 5.74) is 1.51. The maximum atomic E-state index is 11.9. The van der Waals surface area contributed by atoms with E-state index >= 15 is 0 Å². The SMILES string of the molecule is CN(C)CCNC(=O)c1ccc(NCCc2ccc(Cl)cc2)nn1. The van der Waals surface area contributed by atoms with Gasteiger partial charge in [0.25, 0.3) is 5.91 Å². The van der Waals surface area contributed by atoms with Crippen LogP contribution in [0.1, 0.15) is 16.1 Å². The van der Waals surface area contributed by atoms with Crippen LogP contribution < -0.4 is 10.6 Å². The molecule has 0 unspecified atom stereocenters. The van der Waals surface area contributed by atoms with Crippen molar-refractivity contribution in [2.45, 2.75) is 6.42 Å². The number of aromatic nitrogens is 2. The molecular formula is C17H22ClN5O. The van der Waals surface area contributed by atoms with Gasteiger partial charge in [-0.15, -0.1) is 10.2 Å². The molecular weight excluding hydrogens is 326 g/mol. The highest BCUT2D eigenvalue weighted by atomic mass is 35.5. The van der Waals surface area contributed by atoms with Crippen LogP contribution in [0.25, 0.3) is 0 Å². The fourth-order valence-corrected chi connectivity index (χ4v) is 2.14. The maximum Gasteiger partial charge on any atom is 0.271 e. The average Bonchev–Trinajstić information content (AvgIpc) is 2.57. The minimum absolute atomic E-state index is 0.211. The largest absolute Gasteiger partial charge is 0.368 e. The predicted molar refractivity (Wildman–Crippen MR) is 96.6 cm³/mol. The summed E-state index contributed by atoms with van der Waals surface area (Å²) in [5.74, 6) is 0.436. The smallest absolute Gasteiger partial charge is 0.271 e. The number of likely N-dealkylation sites (N-methyl/N-ethyl adjacent to an activating group) is 1. The Balaban J connectivity index is 1.77. The van der Waals surface area contributed by atoms with Crippen molar-refractivity contribution < 1.29 is 4.79 Å². The van der Waals surface area contributed by atoms with Crippen LogP contribution in [-0.4, -0.2) is 54.7 Å². The van der Waals surface area contributed by atoms with Crippen molar-refractivity contribution in [1.29, 1.82) is 0 Å². The minimum atomic E-state index is -0.211. The molecule has 0 aliphatic carbocycles. The van der Waals surface area contributed by atoms with Gasteiger partial charge >= 0.3 is 0 Å². The zero-order chi connectivity index (χ0) is 17.4. The first-order chi connectivity index (χ1) is 11.5. The zero-order valence-corrected chi connectivity index (χ0v) is 14.7. The van der Waals surface area contributed by atoms with Gasteiger partial charge in [-0.05, 0) is 50.3 Å². The summed E-state index contributed by atoms with van der Waals surface area (Å²) in [6.45, 7) is 2.09. The van der Waals surface area contributed by atoms with E-state index in [1.807, 2.05) is 43.3 Å². The Morgan fingerprint density at radius 3 is 2.46 bits per heavy atom. The quantitative estimate of drug-likeness (QED) is 0.765. The van der Waals surface area contributed by atoms with E-state index in [1.165, 1.54) is 5.56 Å². The number of carbonyl (C=O) groups excluding carboxylic acids is 1. The molecule has 0 saturated heterocycles. The van der Waals surface area contributed by atoms with E-state index in [0.717, 1.165) is 24.5 Å². The molecule has 0 atom stereocenters. The first-order valence-corrected chi connectivity index (χ1v) is 8.17. The number of carbonyl (C=O) groups is 1. The molecule has 1 aromatic heterocycles. The van der Waals surface area contributed by atoms with Crippen LogP contribution in [0.4, 0.5) is 5.82 Å². The van der Waals surface area contributed by atoms with Crippen LogP contribution in [0.5, 0.6) is 0 Å². The van der Waals surface area contributed by atoms with E-state index in [4.69, 9.17) is 11.6 Å². The van der Waals surface area contributed by atoms with Crippen LogP contribution in [-0.2, 0) is 6.42 Å². The van der Waals surface area contributed by atoms with Gasteiger partial charge in [0.15, 0.2) is 5.69 Å². The first kappa shape index (κ1) is 18.2. The number of hydrogen-bond acceptors (Lipinski definition) is 5. The summed E-state index contributed by atoms with van der Waals surface area (Å²) >= 11 is 5.86. The topological polar surface area (TPSA) is 70.2 Å². The molecule has 2 rings (SSSR count). The molecule has 0 bridgehead atoms. The Morgan fingerprint density at radius 1 is 1.08 bits per heavy atom.